The van der Waals surface area contributed by atoms with E-state index in [2.05, 4.69) is 25.7 Å². The number of hydrogen-bond acceptors (Lipinski definition) is 7. The molecule has 1 aliphatic heterocycles. The molecule has 1 fully saturated rings. The van der Waals surface area contributed by atoms with Crippen LogP contribution in [0.15, 0.2) is 48.8 Å². The molecule has 29 heavy (non-hydrogen) atoms. The first-order valence-corrected chi connectivity index (χ1v) is 9.14. The van der Waals surface area contributed by atoms with E-state index in [4.69, 9.17) is 4.74 Å². The molecule has 10 nitrogen and oxygen atoms in total. The lowest BCUT2D eigenvalue weighted by Crippen LogP contribution is -2.42. The number of pyridine rings is 1. The predicted octanol–water partition coefficient (Wildman–Crippen LogP) is 0.846. The Kier molecular flexibility index (Phi) is 5.52. The van der Waals surface area contributed by atoms with Crippen molar-refractivity contribution in [1.29, 1.82) is 0 Å². The Morgan fingerprint density at radius 3 is 2.62 bits per heavy atom. The standard InChI is InChI=1S/C19H19N7O3/c27-17(25-8-10-29-11-9-25)13-26-23-18(22-24-26)14-3-5-16(6-4-14)21-19(28)15-2-1-7-20-12-15/h1-7,12H,8-11,13H2,(H,21,28). The average molecular weight is 393 g/mol. The molecule has 2 aromatic heterocycles. The normalized spacial score (nSPS) is 13.9. The number of rotatable bonds is 5. The fourth-order valence-electron chi connectivity index (χ4n) is 2.86. The van der Waals surface area contributed by atoms with Gasteiger partial charge in [-0.15, -0.1) is 10.2 Å². The van der Waals surface area contributed by atoms with Crippen molar-refractivity contribution in [3.63, 3.8) is 0 Å². The molecule has 10 heteroatoms. The molecule has 0 bridgehead atoms. The molecule has 0 spiro atoms. The fourth-order valence-corrected chi connectivity index (χ4v) is 2.86. The van der Waals surface area contributed by atoms with Gasteiger partial charge in [-0.3, -0.25) is 14.6 Å². The lowest BCUT2D eigenvalue weighted by Gasteiger charge is -2.26. The molecule has 0 saturated carbocycles. The maximum absolute atomic E-state index is 12.3. The average Bonchev–Trinajstić information content (AvgIpc) is 3.24. The Hall–Kier alpha value is -3.66. The number of amides is 2. The zero-order valence-corrected chi connectivity index (χ0v) is 15.6. The second kappa shape index (κ2) is 8.57. The highest BCUT2D eigenvalue weighted by molar-refractivity contribution is 6.04. The van der Waals surface area contributed by atoms with Gasteiger partial charge in [0.05, 0.1) is 18.8 Å². The third-order valence-corrected chi connectivity index (χ3v) is 4.42. The van der Waals surface area contributed by atoms with Gasteiger partial charge >= 0.3 is 0 Å². The summed E-state index contributed by atoms with van der Waals surface area (Å²) in [7, 11) is 0. The van der Waals surface area contributed by atoms with E-state index in [1.54, 1.807) is 47.5 Å². The Morgan fingerprint density at radius 1 is 1.10 bits per heavy atom. The molecule has 1 aliphatic rings. The third kappa shape index (κ3) is 4.61. The number of nitrogens with zero attached hydrogens (tertiary/aromatic N) is 6. The van der Waals surface area contributed by atoms with Gasteiger partial charge in [0.25, 0.3) is 5.91 Å². The van der Waals surface area contributed by atoms with Crippen LogP contribution in [-0.2, 0) is 16.1 Å². The van der Waals surface area contributed by atoms with Crippen LogP contribution < -0.4 is 5.32 Å². The first-order chi connectivity index (χ1) is 14.2. The number of morpholine rings is 1. The van der Waals surface area contributed by atoms with Gasteiger partial charge in [0.2, 0.25) is 11.7 Å². The first kappa shape index (κ1) is 18.7. The number of anilines is 1. The summed E-state index contributed by atoms with van der Waals surface area (Å²) in [6.45, 7) is 2.28. The number of ether oxygens (including phenoxy) is 1. The summed E-state index contributed by atoms with van der Waals surface area (Å²) in [6, 6.07) is 10.5. The molecule has 1 saturated heterocycles. The second-order valence-corrected chi connectivity index (χ2v) is 6.41. The van der Waals surface area contributed by atoms with Crippen molar-refractivity contribution in [2.45, 2.75) is 6.54 Å². The van der Waals surface area contributed by atoms with E-state index in [1.807, 2.05) is 0 Å². The molecule has 3 aromatic rings. The van der Waals surface area contributed by atoms with Gasteiger partial charge in [-0.2, -0.15) is 4.80 Å². The molecule has 4 rings (SSSR count). The van der Waals surface area contributed by atoms with Crippen LogP contribution in [-0.4, -0.2) is 68.2 Å². The highest BCUT2D eigenvalue weighted by Crippen LogP contribution is 2.18. The van der Waals surface area contributed by atoms with Crippen LogP contribution in [0.5, 0.6) is 0 Å². The van der Waals surface area contributed by atoms with Gasteiger partial charge < -0.3 is 15.0 Å². The van der Waals surface area contributed by atoms with Crippen molar-refractivity contribution >= 4 is 17.5 Å². The number of nitrogens with one attached hydrogen (secondary N) is 1. The van der Waals surface area contributed by atoms with Crippen LogP contribution in [0.25, 0.3) is 11.4 Å². The SMILES string of the molecule is O=C(Nc1ccc(-c2nnn(CC(=O)N3CCOCC3)n2)cc1)c1cccnc1. The predicted molar refractivity (Wildman–Crippen MR) is 103 cm³/mol. The maximum atomic E-state index is 12.3. The summed E-state index contributed by atoms with van der Waals surface area (Å²) in [5, 5.41) is 15.0. The minimum absolute atomic E-state index is 0.0340. The van der Waals surface area contributed by atoms with Crippen LogP contribution in [0.4, 0.5) is 5.69 Å². The molecule has 1 aromatic carbocycles. The molecule has 0 atom stereocenters. The molecule has 0 aliphatic carbocycles. The van der Waals surface area contributed by atoms with Gasteiger partial charge in [-0.1, -0.05) is 0 Å². The Morgan fingerprint density at radius 2 is 1.90 bits per heavy atom. The van der Waals surface area contributed by atoms with Gasteiger partial charge in [-0.25, -0.2) is 0 Å². The van der Waals surface area contributed by atoms with Crippen molar-refractivity contribution in [1.82, 2.24) is 30.1 Å². The zero-order chi connectivity index (χ0) is 20.1. The molecule has 0 unspecified atom stereocenters. The summed E-state index contributed by atoms with van der Waals surface area (Å²) < 4.78 is 5.25. The quantitative estimate of drug-likeness (QED) is 0.683. The van der Waals surface area contributed by atoms with E-state index >= 15 is 0 Å². The third-order valence-electron chi connectivity index (χ3n) is 4.42. The molecule has 2 amide bonds. The van der Waals surface area contributed by atoms with Crippen molar-refractivity contribution in [2.24, 2.45) is 0 Å². The minimum Gasteiger partial charge on any atom is -0.378 e. The summed E-state index contributed by atoms with van der Waals surface area (Å²) in [4.78, 5) is 31.4. The van der Waals surface area contributed by atoms with Gasteiger partial charge in [0.1, 0.15) is 6.54 Å². The van der Waals surface area contributed by atoms with Crippen LogP contribution in [0.2, 0.25) is 0 Å². The Labute approximate surface area is 166 Å². The smallest absolute Gasteiger partial charge is 0.257 e. The Bertz CT molecular complexity index is 983. The van der Waals surface area contributed by atoms with Crippen molar-refractivity contribution in [3.8, 4) is 11.4 Å². The number of benzene rings is 1. The fraction of sp³-hybridized carbons (Fsp3) is 0.263. The molecule has 0 radical (unpaired) electrons. The number of carbonyl (C=O) groups excluding carboxylic acids is 2. The first-order valence-electron chi connectivity index (χ1n) is 9.14. The second-order valence-electron chi connectivity index (χ2n) is 6.41. The summed E-state index contributed by atoms with van der Waals surface area (Å²) in [5.41, 5.74) is 1.85. The number of tetrazole rings is 1. The van der Waals surface area contributed by atoms with Crippen LogP contribution >= 0.6 is 0 Å². The van der Waals surface area contributed by atoms with Gasteiger partial charge in [0.15, 0.2) is 0 Å². The van der Waals surface area contributed by atoms with E-state index < -0.39 is 0 Å². The molecular weight excluding hydrogens is 374 g/mol. The van der Waals surface area contributed by atoms with E-state index in [0.717, 1.165) is 5.56 Å². The van der Waals surface area contributed by atoms with Crippen molar-refractivity contribution in [3.05, 3.63) is 54.4 Å². The summed E-state index contributed by atoms with van der Waals surface area (Å²) in [5.74, 6) is 0.104. The summed E-state index contributed by atoms with van der Waals surface area (Å²) >= 11 is 0. The van der Waals surface area contributed by atoms with Crippen LogP contribution in [0, 0.1) is 0 Å². The molecule has 3 heterocycles. The number of aromatic nitrogens is 5. The van der Waals surface area contributed by atoms with Crippen LogP contribution in [0.3, 0.4) is 0 Å². The van der Waals surface area contributed by atoms with Crippen molar-refractivity contribution in [2.75, 3.05) is 31.6 Å². The van der Waals surface area contributed by atoms with E-state index in [-0.39, 0.29) is 18.4 Å². The Balaban J connectivity index is 1.38. The highest BCUT2D eigenvalue weighted by atomic mass is 16.5. The number of carbonyl (C=O) groups is 2. The lowest BCUT2D eigenvalue weighted by atomic mass is 10.2. The highest BCUT2D eigenvalue weighted by Gasteiger charge is 2.18. The van der Waals surface area contributed by atoms with Crippen LogP contribution in [0.1, 0.15) is 10.4 Å². The monoisotopic (exact) mass is 393 g/mol. The molecule has 1 N–H and O–H groups in total. The minimum atomic E-state index is -0.239. The van der Waals surface area contributed by atoms with E-state index in [9.17, 15) is 9.59 Å². The van der Waals surface area contributed by atoms with Gasteiger partial charge in [0, 0.05) is 36.7 Å². The molecule has 148 valence electrons. The largest absolute Gasteiger partial charge is 0.378 e. The molecular formula is C19H19N7O3. The lowest BCUT2D eigenvalue weighted by molar-refractivity contribution is -0.136. The summed E-state index contributed by atoms with van der Waals surface area (Å²) in [6.07, 6.45) is 3.12. The van der Waals surface area contributed by atoms with Gasteiger partial charge in [-0.05, 0) is 41.6 Å². The number of hydrogen-bond donors (Lipinski definition) is 1. The maximum Gasteiger partial charge on any atom is 0.257 e. The van der Waals surface area contributed by atoms with E-state index in [1.165, 1.54) is 11.0 Å². The van der Waals surface area contributed by atoms with Crippen molar-refractivity contribution < 1.29 is 14.3 Å². The zero-order valence-electron chi connectivity index (χ0n) is 15.6. The topological polar surface area (TPSA) is 115 Å². The van der Waals surface area contributed by atoms with E-state index in [0.29, 0.717) is 43.4 Å².